The summed E-state index contributed by atoms with van der Waals surface area (Å²) < 4.78 is 43.9. The number of esters is 5. The fourth-order valence-corrected chi connectivity index (χ4v) is 4.14. The van der Waals surface area contributed by atoms with Crippen molar-refractivity contribution < 1.29 is 61.9 Å². The molecule has 0 spiro atoms. The lowest BCUT2D eigenvalue weighted by Crippen LogP contribution is -2.63. The van der Waals surface area contributed by atoms with Crippen LogP contribution in [0.5, 0.6) is 11.5 Å². The molecular formula is C29H32O13. The summed E-state index contributed by atoms with van der Waals surface area (Å²) in [6, 6.07) is 13.3. The van der Waals surface area contributed by atoms with E-state index in [9.17, 15) is 24.0 Å². The Morgan fingerprint density at radius 1 is 0.738 bits per heavy atom. The van der Waals surface area contributed by atoms with Crippen LogP contribution in [0.4, 0.5) is 0 Å². The molecule has 0 aromatic heterocycles. The van der Waals surface area contributed by atoms with Gasteiger partial charge >= 0.3 is 29.8 Å². The van der Waals surface area contributed by atoms with Crippen molar-refractivity contribution in [1.82, 2.24) is 0 Å². The lowest BCUT2D eigenvalue weighted by molar-refractivity contribution is -0.288. The quantitative estimate of drug-likeness (QED) is 0.279. The topological polar surface area (TPSA) is 159 Å². The zero-order valence-electron chi connectivity index (χ0n) is 23.7. The number of benzene rings is 2. The van der Waals surface area contributed by atoms with Crippen LogP contribution in [0.2, 0.25) is 0 Å². The van der Waals surface area contributed by atoms with Gasteiger partial charge in [0.25, 0.3) is 0 Å². The molecule has 42 heavy (non-hydrogen) atoms. The maximum Gasteiger partial charge on any atom is 0.342 e. The fourth-order valence-electron chi connectivity index (χ4n) is 4.14. The first-order valence-corrected chi connectivity index (χ1v) is 12.8. The molecule has 0 amide bonds. The van der Waals surface area contributed by atoms with Gasteiger partial charge in [0.15, 0.2) is 12.2 Å². The second kappa shape index (κ2) is 14.8. The van der Waals surface area contributed by atoms with Gasteiger partial charge in [-0.1, -0.05) is 30.3 Å². The highest BCUT2D eigenvalue weighted by atomic mass is 16.7. The van der Waals surface area contributed by atoms with Crippen LogP contribution < -0.4 is 9.47 Å². The third kappa shape index (κ3) is 8.93. The SMILES string of the molecule is COc1ccc(O[C@@H]2O[C@H](COC(C)=O)[C@@H](OC(C)=O)[C@H](OC(C)=O)[C@H]2OC(C)=O)cc1C(=O)OCc1ccccc1. The molecule has 2 aromatic rings. The van der Waals surface area contributed by atoms with E-state index in [1.54, 1.807) is 12.1 Å². The van der Waals surface area contributed by atoms with Gasteiger partial charge < -0.3 is 37.9 Å². The van der Waals surface area contributed by atoms with Crippen LogP contribution in [0.15, 0.2) is 48.5 Å². The van der Waals surface area contributed by atoms with E-state index in [1.165, 1.54) is 32.2 Å². The first-order valence-electron chi connectivity index (χ1n) is 12.8. The Hall–Kier alpha value is -4.65. The molecule has 226 valence electrons. The van der Waals surface area contributed by atoms with Gasteiger partial charge in [0.2, 0.25) is 12.4 Å². The van der Waals surface area contributed by atoms with Crippen molar-refractivity contribution in [3.05, 3.63) is 59.7 Å². The Kier molecular flexibility index (Phi) is 11.3. The molecule has 0 bridgehead atoms. The number of hydrogen-bond acceptors (Lipinski definition) is 13. The van der Waals surface area contributed by atoms with Crippen molar-refractivity contribution in [2.75, 3.05) is 13.7 Å². The molecule has 1 heterocycles. The molecule has 0 unspecified atom stereocenters. The van der Waals surface area contributed by atoms with Crippen molar-refractivity contribution >= 4 is 29.8 Å². The van der Waals surface area contributed by atoms with Gasteiger partial charge in [-0.3, -0.25) is 19.2 Å². The summed E-state index contributed by atoms with van der Waals surface area (Å²) in [7, 11) is 1.38. The number of carbonyl (C=O) groups is 5. The van der Waals surface area contributed by atoms with Crippen LogP contribution in [0, 0.1) is 0 Å². The molecule has 13 nitrogen and oxygen atoms in total. The lowest BCUT2D eigenvalue weighted by Gasteiger charge is -2.43. The van der Waals surface area contributed by atoms with E-state index in [-0.39, 0.29) is 23.7 Å². The first kappa shape index (κ1) is 31.9. The largest absolute Gasteiger partial charge is 0.496 e. The molecule has 5 atom stereocenters. The maximum absolute atomic E-state index is 13.0. The molecule has 2 aromatic carbocycles. The minimum Gasteiger partial charge on any atom is -0.496 e. The fraction of sp³-hybridized carbons (Fsp3) is 0.414. The Morgan fingerprint density at radius 3 is 1.95 bits per heavy atom. The van der Waals surface area contributed by atoms with Gasteiger partial charge in [-0.05, 0) is 23.8 Å². The number of carbonyl (C=O) groups excluding carboxylic acids is 5. The molecule has 0 saturated carbocycles. The van der Waals surface area contributed by atoms with Crippen molar-refractivity contribution in [2.24, 2.45) is 0 Å². The van der Waals surface area contributed by atoms with Gasteiger partial charge in [-0.2, -0.15) is 0 Å². The zero-order chi connectivity index (χ0) is 30.8. The van der Waals surface area contributed by atoms with Crippen LogP contribution in [0.25, 0.3) is 0 Å². The smallest absolute Gasteiger partial charge is 0.342 e. The normalized spacial score (nSPS) is 21.3. The summed E-state index contributed by atoms with van der Waals surface area (Å²) >= 11 is 0. The van der Waals surface area contributed by atoms with Gasteiger partial charge in [-0.15, -0.1) is 0 Å². The standard InChI is InChI=1S/C29H32O13/c1-16(30)36-15-24-25(38-17(2)31)26(39-18(3)32)27(40-19(4)33)29(42-24)41-21-11-12-23(35-5)22(13-21)28(34)37-14-20-9-7-6-8-10-20/h6-13,24-27,29H,14-15H2,1-5H3/t24-,25-,26+,27-,29-/m1/s1. The molecule has 13 heteroatoms. The monoisotopic (exact) mass is 588 g/mol. The molecule has 1 fully saturated rings. The number of methoxy groups -OCH3 is 1. The van der Waals surface area contributed by atoms with Crippen LogP contribution in [0.1, 0.15) is 43.6 Å². The molecule has 1 aliphatic heterocycles. The van der Waals surface area contributed by atoms with E-state index in [1.807, 2.05) is 18.2 Å². The van der Waals surface area contributed by atoms with Crippen molar-refractivity contribution in [3.8, 4) is 11.5 Å². The summed E-state index contributed by atoms with van der Waals surface area (Å²) in [4.78, 5) is 60.5. The summed E-state index contributed by atoms with van der Waals surface area (Å²) in [5.74, 6) is -3.43. The highest BCUT2D eigenvalue weighted by Gasteiger charge is 2.53. The van der Waals surface area contributed by atoms with Crippen LogP contribution in [0.3, 0.4) is 0 Å². The predicted molar refractivity (Wildman–Crippen MR) is 141 cm³/mol. The molecule has 0 radical (unpaired) electrons. The average Bonchev–Trinajstić information content (AvgIpc) is 2.93. The van der Waals surface area contributed by atoms with Gasteiger partial charge in [-0.25, -0.2) is 4.79 Å². The molecule has 3 rings (SSSR count). The number of rotatable bonds is 11. The molecule has 1 saturated heterocycles. The van der Waals surface area contributed by atoms with Gasteiger partial charge in [0, 0.05) is 27.7 Å². The molecule has 1 aliphatic rings. The summed E-state index contributed by atoms with van der Waals surface area (Å²) in [6.45, 7) is 4.09. The third-order valence-electron chi connectivity index (χ3n) is 5.80. The Labute approximate surface area is 241 Å². The Balaban J connectivity index is 1.94. The molecular weight excluding hydrogens is 556 g/mol. The van der Waals surface area contributed by atoms with Crippen molar-refractivity contribution in [1.29, 1.82) is 0 Å². The summed E-state index contributed by atoms with van der Waals surface area (Å²) in [5, 5.41) is 0. The second-order valence-corrected chi connectivity index (χ2v) is 9.11. The Bertz CT molecular complexity index is 1280. The minimum atomic E-state index is -1.48. The highest BCUT2D eigenvalue weighted by Crippen LogP contribution is 2.32. The van der Waals surface area contributed by atoms with E-state index in [2.05, 4.69) is 0 Å². The van der Waals surface area contributed by atoms with Crippen LogP contribution in [-0.4, -0.2) is 74.3 Å². The van der Waals surface area contributed by atoms with Crippen molar-refractivity contribution in [2.45, 2.75) is 65.0 Å². The van der Waals surface area contributed by atoms with Crippen molar-refractivity contribution in [3.63, 3.8) is 0 Å². The van der Waals surface area contributed by atoms with E-state index in [0.717, 1.165) is 26.3 Å². The second-order valence-electron chi connectivity index (χ2n) is 9.11. The van der Waals surface area contributed by atoms with E-state index < -0.39 is 67.2 Å². The maximum atomic E-state index is 13.0. The van der Waals surface area contributed by atoms with Crippen LogP contribution >= 0.6 is 0 Å². The molecule has 0 N–H and O–H groups in total. The average molecular weight is 589 g/mol. The number of hydrogen-bond donors (Lipinski definition) is 0. The van der Waals surface area contributed by atoms with E-state index >= 15 is 0 Å². The Morgan fingerprint density at radius 2 is 1.36 bits per heavy atom. The van der Waals surface area contributed by atoms with E-state index in [4.69, 9.17) is 37.9 Å². The zero-order valence-corrected chi connectivity index (χ0v) is 23.7. The lowest BCUT2D eigenvalue weighted by atomic mass is 9.98. The highest BCUT2D eigenvalue weighted by molar-refractivity contribution is 5.93. The summed E-state index contributed by atoms with van der Waals surface area (Å²) in [5.41, 5.74) is 0.797. The molecule has 0 aliphatic carbocycles. The van der Waals surface area contributed by atoms with Crippen LogP contribution in [-0.2, 0) is 54.2 Å². The predicted octanol–water partition coefficient (Wildman–Crippen LogP) is 2.51. The first-order chi connectivity index (χ1) is 20.0. The van der Waals surface area contributed by atoms with Gasteiger partial charge in [0.05, 0.1) is 7.11 Å². The van der Waals surface area contributed by atoms with Gasteiger partial charge in [0.1, 0.15) is 36.4 Å². The minimum absolute atomic E-state index is 0.00754. The summed E-state index contributed by atoms with van der Waals surface area (Å²) in [6.07, 6.45) is -6.88. The number of ether oxygens (including phenoxy) is 8. The van der Waals surface area contributed by atoms with E-state index in [0.29, 0.717) is 0 Å². The third-order valence-corrected chi connectivity index (χ3v) is 5.80.